The molecule has 4 unspecified atom stereocenters. The molecule has 192 valence electrons. The van der Waals surface area contributed by atoms with Crippen molar-refractivity contribution in [2.75, 3.05) is 0 Å². The molecule has 0 aromatic heterocycles. The molecule has 0 saturated heterocycles. The number of hydrogen-bond acceptors (Lipinski definition) is 3. The van der Waals surface area contributed by atoms with Gasteiger partial charge < -0.3 is 5.11 Å². The lowest BCUT2D eigenvalue weighted by atomic mass is 9.33. The predicted octanol–water partition coefficient (Wildman–Crippen LogP) is 7.19. The monoisotopic (exact) mass is 479 g/mol. The van der Waals surface area contributed by atoms with Crippen LogP contribution in [0.25, 0.3) is 0 Å². The summed E-state index contributed by atoms with van der Waals surface area (Å²) in [5.41, 5.74) is 0.456. The second-order valence-corrected chi connectivity index (χ2v) is 15.1. The fourth-order valence-electron chi connectivity index (χ4n) is 10.7. The van der Waals surface area contributed by atoms with Gasteiger partial charge in [-0.2, -0.15) is 5.26 Å². The number of allylic oxidation sites excluding steroid dienone is 2. The minimum absolute atomic E-state index is 0.0331. The van der Waals surface area contributed by atoms with E-state index in [0.29, 0.717) is 18.3 Å². The van der Waals surface area contributed by atoms with Crippen molar-refractivity contribution in [1.29, 1.82) is 5.26 Å². The van der Waals surface area contributed by atoms with Crippen molar-refractivity contribution in [3.05, 3.63) is 11.6 Å². The van der Waals surface area contributed by atoms with Crippen molar-refractivity contribution in [3.8, 4) is 6.07 Å². The molecule has 4 fully saturated rings. The van der Waals surface area contributed by atoms with Crippen molar-refractivity contribution in [2.45, 2.75) is 106 Å². The predicted molar refractivity (Wildman–Crippen MR) is 136 cm³/mol. The van der Waals surface area contributed by atoms with Gasteiger partial charge in [-0.15, -0.1) is 0 Å². The summed E-state index contributed by atoms with van der Waals surface area (Å²) < 4.78 is 0. The van der Waals surface area contributed by atoms with Crippen molar-refractivity contribution in [3.63, 3.8) is 0 Å². The quantitative estimate of drug-likeness (QED) is 0.404. The van der Waals surface area contributed by atoms with Crippen LogP contribution in [0.1, 0.15) is 106 Å². The van der Waals surface area contributed by atoms with Crippen molar-refractivity contribution < 1.29 is 14.7 Å². The van der Waals surface area contributed by atoms with Gasteiger partial charge in [-0.3, -0.25) is 9.59 Å². The highest BCUT2D eigenvalue weighted by Gasteiger charge is 2.70. The van der Waals surface area contributed by atoms with E-state index in [9.17, 15) is 20.0 Å². The third kappa shape index (κ3) is 2.96. The number of rotatable bonds is 1. The molecule has 4 nitrogen and oxygen atoms in total. The molecule has 4 heteroatoms. The summed E-state index contributed by atoms with van der Waals surface area (Å²) in [4.78, 5) is 26.0. The topological polar surface area (TPSA) is 78.2 Å². The number of carboxylic acids is 1. The Bertz CT molecular complexity index is 1050. The first-order chi connectivity index (χ1) is 16.1. The molecule has 8 atom stereocenters. The van der Waals surface area contributed by atoms with Gasteiger partial charge in [0.1, 0.15) is 5.92 Å². The molecule has 5 rings (SSSR count). The summed E-state index contributed by atoms with van der Waals surface area (Å²) >= 11 is 0. The zero-order chi connectivity index (χ0) is 25.8. The van der Waals surface area contributed by atoms with Crippen LogP contribution < -0.4 is 0 Å². The lowest BCUT2D eigenvalue weighted by Crippen LogP contribution is -2.65. The molecule has 5 aliphatic carbocycles. The van der Waals surface area contributed by atoms with Crippen molar-refractivity contribution in [1.82, 2.24) is 0 Å². The molecule has 0 spiro atoms. The van der Waals surface area contributed by atoms with E-state index >= 15 is 0 Å². The van der Waals surface area contributed by atoms with E-state index in [0.717, 1.165) is 51.4 Å². The van der Waals surface area contributed by atoms with Gasteiger partial charge in [-0.1, -0.05) is 60.1 Å². The van der Waals surface area contributed by atoms with E-state index in [1.807, 2.05) is 0 Å². The lowest BCUT2D eigenvalue weighted by Gasteiger charge is -2.70. The van der Waals surface area contributed by atoms with E-state index in [1.165, 1.54) is 5.57 Å². The third-order valence-corrected chi connectivity index (χ3v) is 13.0. The van der Waals surface area contributed by atoms with E-state index in [4.69, 9.17) is 0 Å². The van der Waals surface area contributed by atoms with Crippen LogP contribution in [0.3, 0.4) is 0 Å². The largest absolute Gasteiger partial charge is 0.481 e. The van der Waals surface area contributed by atoms with Crippen LogP contribution in [0.15, 0.2) is 11.6 Å². The van der Waals surface area contributed by atoms with E-state index in [-0.39, 0.29) is 33.4 Å². The molecule has 0 bridgehead atoms. The van der Waals surface area contributed by atoms with Gasteiger partial charge >= 0.3 is 5.97 Å². The van der Waals surface area contributed by atoms with Gasteiger partial charge in [0.2, 0.25) is 0 Å². The average Bonchev–Trinajstić information content (AvgIpc) is 2.76. The van der Waals surface area contributed by atoms with Gasteiger partial charge in [-0.05, 0) is 97.2 Å². The lowest BCUT2D eigenvalue weighted by molar-refractivity contribution is -0.192. The highest BCUT2D eigenvalue weighted by molar-refractivity contribution is 5.89. The molecular formula is C31H45NO3. The fraction of sp³-hybridized carbons (Fsp3) is 0.839. The summed E-state index contributed by atoms with van der Waals surface area (Å²) in [6.45, 7) is 16.1. The number of carboxylic acid groups (broad SMARTS) is 1. The van der Waals surface area contributed by atoms with Crippen LogP contribution in [-0.2, 0) is 9.59 Å². The zero-order valence-corrected chi connectivity index (χ0v) is 23.0. The summed E-state index contributed by atoms with van der Waals surface area (Å²) in [7, 11) is 0. The summed E-state index contributed by atoms with van der Waals surface area (Å²) in [6.07, 6.45) is 10.6. The van der Waals surface area contributed by atoms with Gasteiger partial charge in [0.05, 0.1) is 11.5 Å². The highest BCUT2D eigenvalue weighted by atomic mass is 16.4. The van der Waals surface area contributed by atoms with Gasteiger partial charge in [0, 0.05) is 5.41 Å². The molecule has 0 heterocycles. The van der Waals surface area contributed by atoms with Gasteiger partial charge in [-0.25, -0.2) is 0 Å². The molecule has 0 aromatic rings. The fourth-order valence-corrected chi connectivity index (χ4v) is 10.7. The Kier molecular flexibility index (Phi) is 5.17. The Hall–Kier alpha value is -1.63. The van der Waals surface area contributed by atoms with E-state index in [2.05, 4.69) is 60.6 Å². The first kappa shape index (κ1) is 25.0. The van der Waals surface area contributed by atoms with E-state index in [1.54, 1.807) is 0 Å². The second kappa shape index (κ2) is 7.23. The standard InChI is InChI=1S/C31H45NO3/c1-26(2)12-14-31(25(34)35)15-13-29(6)20(21(31)17-26)8-9-23-28(5)16-19(18-32)24(33)27(3,4)22(28)10-11-30(23,29)7/h8,19,21-23H,9-17H2,1-7H3,(H,34,35)/t19?,21?,22?,23?,28-,29+,30+,31-/m0/s1. The molecule has 4 saturated carbocycles. The Morgan fingerprint density at radius 1 is 0.971 bits per heavy atom. The van der Waals surface area contributed by atoms with Crippen LogP contribution in [0, 0.1) is 67.5 Å². The minimum Gasteiger partial charge on any atom is -0.481 e. The van der Waals surface area contributed by atoms with E-state index < -0.39 is 22.7 Å². The minimum atomic E-state index is -0.615. The van der Waals surface area contributed by atoms with Crippen LogP contribution in [0.4, 0.5) is 0 Å². The van der Waals surface area contributed by atoms with Gasteiger partial charge in [0.25, 0.3) is 0 Å². The number of carbonyl (C=O) groups is 2. The third-order valence-electron chi connectivity index (χ3n) is 13.0. The molecule has 0 aliphatic heterocycles. The molecule has 1 N–H and O–H groups in total. The van der Waals surface area contributed by atoms with Crippen LogP contribution in [-0.4, -0.2) is 16.9 Å². The Morgan fingerprint density at radius 3 is 2.26 bits per heavy atom. The number of nitriles is 1. The molecule has 0 amide bonds. The first-order valence-electron chi connectivity index (χ1n) is 14.0. The molecule has 0 aromatic carbocycles. The molecular weight excluding hydrogens is 434 g/mol. The zero-order valence-electron chi connectivity index (χ0n) is 23.0. The number of hydrogen-bond donors (Lipinski definition) is 1. The maximum Gasteiger partial charge on any atom is 0.310 e. The Labute approximate surface area is 211 Å². The van der Waals surface area contributed by atoms with Crippen LogP contribution >= 0.6 is 0 Å². The number of Topliss-reactive ketones (excluding diaryl/α,β-unsaturated/α-hetero) is 1. The molecule has 5 aliphatic rings. The second-order valence-electron chi connectivity index (χ2n) is 15.1. The number of ketones is 1. The molecule has 0 radical (unpaired) electrons. The average molecular weight is 480 g/mol. The Morgan fingerprint density at radius 2 is 1.63 bits per heavy atom. The number of aliphatic carboxylic acids is 1. The van der Waals surface area contributed by atoms with Crippen molar-refractivity contribution >= 4 is 11.8 Å². The normalized spacial score (nSPS) is 49.9. The first-order valence-corrected chi connectivity index (χ1v) is 14.0. The van der Waals surface area contributed by atoms with Crippen LogP contribution in [0.5, 0.6) is 0 Å². The number of fused-ring (bicyclic) bond motifs is 7. The maximum atomic E-state index is 13.2. The molecule has 35 heavy (non-hydrogen) atoms. The van der Waals surface area contributed by atoms with Crippen LogP contribution in [0.2, 0.25) is 0 Å². The number of nitrogens with zero attached hydrogens (tertiary/aromatic N) is 1. The SMILES string of the molecule is CC1(C)CC[C@]2(C(=O)O)CC[C@]3(C)C(=CCC4[C@@]5(C)CC(C#N)C(=O)C(C)(C)C5CC[C@]43C)C2C1. The summed E-state index contributed by atoms with van der Waals surface area (Å²) in [6, 6.07) is 2.37. The maximum absolute atomic E-state index is 13.2. The highest BCUT2D eigenvalue weighted by Crippen LogP contribution is 2.75. The summed E-state index contributed by atoms with van der Waals surface area (Å²) in [5.74, 6) is -0.163. The Balaban J connectivity index is 1.62. The summed E-state index contributed by atoms with van der Waals surface area (Å²) in [5, 5.41) is 20.4. The van der Waals surface area contributed by atoms with Crippen molar-refractivity contribution in [2.24, 2.45) is 56.2 Å². The van der Waals surface area contributed by atoms with Gasteiger partial charge in [0.15, 0.2) is 5.78 Å². The number of carbonyl (C=O) groups excluding carboxylic acids is 1. The smallest absolute Gasteiger partial charge is 0.310 e.